The van der Waals surface area contributed by atoms with Crippen molar-refractivity contribution < 1.29 is 13.3 Å². The Hall–Kier alpha value is -0.430. The van der Waals surface area contributed by atoms with Crippen LogP contribution in [0.1, 0.15) is 13.8 Å². The molecule has 0 atom stereocenters. The highest BCUT2D eigenvalue weighted by atomic mass is 79.9. The molecule has 0 amide bonds. The summed E-state index contributed by atoms with van der Waals surface area (Å²) in [6.45, 7) is 5.44. The van der Waals surface area contributed by atoms with Crippen LogP contribution >= 0.6 is 15.9 Å². The van der Waals surface area contributed by atoms with Crippen molar-refractivity contribution in [3.05, 3.63) is 28.7 Å². The standard InChI is InChI=1S/C13H21BrN2O2S/c1-13(2,10-16(3)4)9-15-19(17,18)12-7-5-6-11(14)8-12/h5-8,15H,9-10H2,1-4H3/p+1. The summed E-state index contributed by atoms with van der Waals surface area (Å²) in [6.07, 6.45) is 0. The molecule has 0 fully saturated rings. The zero-order valence-electron chi connectivity index (χ0n) is 11.8. The molecule has 0 aliphatic rings. The molecule has 2 N–H and O–H groups in total. The van der Waals surface area contributed by atoms with Gasteiger partial charge in [0.15, 0.2) is 0 Å². The lowest BCUT2D eigenvalue weighted by Crippen LogP contribution is -3.07. The predicted octanol–water partition coefficient (Wildman–Crippen LogP) is 0.898. The summed E-state index contributed by atoms with van der Waals surface area (Å²) in [7, 11) is 0.679. The van der Waals surface area contributed by atoms with Gasteiger partial charge in [-0.2, -0.15) is 0 Å². The monoisotopic (exact) mass is 349 g/mol. The van der Waals surface area contributed by atoms with Gasteiger partial charge in [-0.1, -0.05) is 35.8 Å². The Labute approximate surface area is 124 Å². The molecule has 0 saturated carbocycles. The van der Waals surface area contributed by atoms with E-state index in [1.165, 1.54) is 4.90 Å². The van der Waals surface area contributed by atoms with Gasteiger partial charge in [0.05, 0.1) is 25.5 Å². The first-order chi connectivity index (χ1) is 8.62. The lowest BCUT2D eigenvalue weighted by Gasteiger charge is -2.26. The molecule has 0 radical (unpaired) electrons. The molecule has 4 nitrogen and oxygen atoms in total. The number of rotatable bonds is 6. The quantitative estimate of drug-likeness (QED) is 0.801. The van der Waals surface area contributed by atoms with Crippen LogP contribution in [-0.4, -0.2) is 35.6 Å². The van der Waals surface area contributed by atoms with E-state index in [0.717, 1.165) is 11.0 Å². The van der Waals surface area contributed by atoms with E-state index in [2.05, 4.69) is 48.6 Å². The lowest BCUT2D eigenvalue weighted by molar-refractivity contribution is -0.865. The Morgan fingerprint density at radius 1 is 1.32 bits per heavy atom. The molecule has 0 spiro atoms. The van der Waals surface area contributed by atoms with Crippen molar-refractivity contribution >= 4 is 26.0 Å². The van der Waals surface area contributed by atoms with Crippen LogP contribution in [-0.2, 0) is 10.0 Å². The zero-order valence-corrected chi connectivity index (χ0v) is 14.2. The highest BCUT2D eigenvalue weighted by molar-refractivity contribution is 9.10. The number of nitrogens with one attached hydrogen (secondary N) is 2. The van der Waals surface area contributed by atoms with Gasteiger partial charge in [0.2, 0.25) is 10.0 Å². The Morgan fingerprint density at radius 2 is 1.95 bits per heavy atom. The minimum absolute atomic E-state index is 0.0854. The second-order valence-electron chi connectivity index (χ2n) is 5.83. The van der Waals surface area contributed by atoms with Gasteiger partial charge in [0.1, 0.15) is 0 Å². The minimum Gasteiger partial charge on any atom is -0.339 e. The largest absolute Gasteiger partial charge is 0.339 e. The molecule has 0 aromatic heterocycles. The number of hydrogen-bond donors (Lipinski definition) is 2. The van der Waals surface area contributed by atoms with Crippen LogP contribution in [0.15, 0.2) is 33.6 Å². The Kier molecular flexibility index (Phi) is 5.55. The normalized spacial score (nSPS) is 12.9. The van der Waals surface area contributed by atoms with E-state index in [0.29, 0.717) is 6.54 Å². The second-order valence-corrected chi connectivity index (χ2v) is 8.51. The molecule has 1 aromatic carbocycles. The highest BCUT2D eigenvalue weighted by Gasteiger charge is 2.25. The fourth-order valence-corrected chi connectivity index (χ4v) is 3.87. The molecule has 0 bridgehead atoms. The summed E-state index contributed by atoms with van der Waals surface area (Å²) in [5.74, 6) is 0. The number of sulfonamides is 1. The summed E-state index contributed by atoms with van der Waals surface area (Å²) >= 11 is 3.28. The van der Waals surface area contributed by atoms with Crippen LogP contribution in [0.4, 0.5) is 0 Å². The van der Waals surface area contributed by atoms with Crippen molar-refractivity contribution in [1.29, 1.82) is 0 Å². The lowest BCUT2D eigenvalue weighted by atomic mass is 9.93. The molecule has 1 aromatic rings. The summed E-state index contributed by atoms with van der Waals surface area (Å²) in [5.41, 5.74) is -0.0854. The van der Waals surface area contributed by atoms with E-state index in [9.17, 15) is 8.42 Å². The summed E-state index contributed by atoms with van der Waals surface area (Å²) < 4.78 is 27.8. The van der Waals surface area contributed by atoms with Crippen molar-refractivity contribution in [2.24, 2.45) is 5.41 Å². The third-order valence-corrected chi connectivity index (χ3v) is 4.57. The smallest absolute Gasteiger partial charge is 0.240 e. The van der Waals surface area contributed by atoms with Crippen LogP contribution in [0.25, 0.3) is 0 Å². The van der Waals surface area contributed by atoms with Gasteiger partial charge in [-0.3, -0.25) is 0 Å². The Bertz CT molecular complexity index is 527. The van der Waals surface area contributed by atoms with Crippen LogP contribution in [0.3, 0.4) is 0 Å². The molecule has 0 heterocycles. The molecule has 6 heteroatoms. The van der Waals surface area contributed by atoms with Crippen LogP contribution in [0, 0.1) is 5.41 Å². The molecule has 1 rings (SSSR count). The van der Waals surface area contributed by atoms with E-state index in [-0.39, 0.29) is 10.3 Å². The molecular weight excluding hydrogens is 328 g/mol. The van der Waals surface area contributed by atoms with Gasteiger partial charge in [0, 0.05) is 16.4 Å². The minimum atomic E-state index is -3.44. The first-order valence-electron chi connectivity index (χ1n) is 6.17. The predicted molar refractivity (Wildman–Crippen MR) is 80.8 cm³/mol. The van der Waals surface area contributed by atoms with Crippen molar-refractivity contribution in [2.45, 2.75) is 18.7 Å². The van der Waals surface area contributed by atoms with Crippen molar-refractivity contribution in [3.8, 4) is 0 Å². The SMILES string of the molecule is C[NH+](C)CC(C)(C)CNS(=O)(=O)c1cccc(Br)c1. The summed E-state index contributed by atoms with van der Waals surface area (Å²) in [5, 5.41) is 0. The van der Waals surface area contributed by atoms with Crippen LogP contribution < -0.4 is 9.62 Å². The average Bonchev–Trinajstić information content (AvgIpc) is 2.25. The Morgan fingerprint density at radius 3 is 2.47 bits per heavy atom. The van der Waals surface area contributed by atoms with Crippen LogP contribution in [0.5, 0.6) is 0 Å². The number of halogens is 1. The van der Waals surface area contributed by atoms with E-state index in [4.69, 9.17) is 0 Å². The van der Waals surface area contributed by atoms with Gasteiger partial charge in [-0.25, -0.2) is 13.1 Å². The maximum atomic E-state index is 12.2. The van der Waals surface area contributed by atoms with E-state index in [1.54, 1.807) is 24.3 Å². The molecular formula is C13H22BrN2O2S+. The topological polar surface area (TPSA) is 50.6 Å². The molecule has 19 heavy (non-hydrogen) atoms. The van der Waals surface area contributed by atoms with Gasteiger partial charge >= 0.3 is 0 Å². The third kappa shape index (κ3) is 5.60. The van der Waals surface area contributed by atoms with Gasteiger partial charge < -0.3 is 4.90 Å². The Balaban J connectivity index is 2.76. The van der Waals surface area contributed by atoms with Gasteiger partial charge in [0.25, 0.3) is 0 Å². The molecule has 0 aliphatic carbocycles. The van der Waals surface area contributed by atoms with Crippen molar-refractivity contribution in [2.75, 3.05) is 27.2 Å². The highest BCUT2D eigenvalue weighted by Crippen LogP contribution is 2.17. The zero-order chi connectivity index (χ0) is 14.7. The van der Waals surface area contributed by atoms with Gasteiger partial charge in [-0.15, -0.1) is 0 Å². The molecule has 0 unspecified atom stereocenters. The van der Waals surface area contributed by atoms with Gasteiger partial charge in [-0.05, 0) is 18.2 Å². The fourth-order valence-electron chi connectivity index (χ4n) is 2.03. The maximum absolute atomic E-state index is 12.2. The van der Waals surface area contributed by atoms with Crippen molar-refractivity contribution in [3.63, 3.8) is 0 Å². The van der Waals surface area contributed by atoms with E-state index in [1.807, 2.05) is 0 Å². The first-order valence-corrected chi connectivity index (χ1v) is 8.44. The molecule has 108 valence electrons. The second kappa shape index (κ2) is 6.35. The molecule has 0 aliphatic heterocycles. The number of quaternary nitrogens is 1. The first kappa shape index (κ1) is 16.6. The maximum Gasteiger partial charge on any atom is 0.240 e. The van der Waals surface area contributed by atoms with Crippen molar-refractivity contribution in [1.82, 2.24) is 4.72 Å². The third-order valence-electron chi connectivity index (χ3n) is 2.68. The van der Waals surface area contributed by atoms with E-state index >= 15 is 0 Å². The fraction of sp³-hybridized carbons (Fsp3) is 0.538. The van der Waals surface area contributed by atoms with E-state index < -0.39 is 10.0 Å². The average molecular weight is 350 g/mol. The molecule has 0 saturated heterocycles. The summed E-state index contributed by atoms with van der Waals surface area (Å²) in [4.78, 5) is 1.58. The van der Waals surface area contributed by atoms with Crippen LogP contribution in [0.2, 0.25) is 0 Å². The summed E-state index contributed by atoms with van der Waals surface area (Å²) in [6, 6.07) is 6.72. The number of benzene rings is 1. The number of hydrogen-bond acceptors (Lipinski definition) is 2.